The molecule has 0 unspecified atom stereocenters. The molecule has 1 heterocycles. The molecule has 2 fully saturated rings. The maximum absolute atomic E-state index is 12.8. The lowest BCUT2D eigenvalue weighted by molar-refractivity contribution is -0.139. The second-order valence-corrected chi connectivity index (χ2v) is 9.07. The van der Waals surface area contributed by atoms with E-state index in [2.05, 4.69) is 38.1 Å². The summed E-state index contributed by atoms with van der Waals surface area (Å²) in [7, 11) is 0. The van der Waals surface area contributed by atoms with Crippen molar-refractivity contribution in [2.24, 2.45) is 5.92 Å². The number of piperazine rings is 1. The van der Waals surface area contributed by atoms with Crippen LogP contribution in [0.2, 0.25) is 0 Å². The Morgan fingerprint density at radius 2 is 1.62 bits per heavy atom. The number of carbonyl (C=O) groups excluding carboxylic acids is 2. The summed E-state index contributed by atoms with van der Waals surface area (Å²) >= 11 is 1.61. The number of nitrogens with zero attached hydrogens (tertiary/aromatic N) is 2. The van der Waals surface area contributed by atoms with Gasteiger partial charge in [0.05, 0.1) is 5.75 Å². The smallest absolute Gasteiger partial charge is 0.233 e. The van der Waals surface area contributed by atoms with E-state index in [1.54, 1.807) is 11.8 Å². The Labute approximate surface area is 177 Å². The fourth-order valence-electron chi connectivity index (χ4n) is 4.06. The molecule has 4 rings (SSSR count). The van der Waals surface area contributed by atoms with Crippen LogP contribution >= 0.6 is 11.8 Å². The van der Waals surface area contributed by atoms with Crippen LogP contribution in [0.25, 0.3) is 0 Å². The Morgan fingerprint density at radius 1 is 0.931 bits per heavy atom. The molecule has 0 radical (unpaired) electrons. The van der Waals surface area contributed by atoms with Crippen LogP contribution in [-0.2, 0) is 9.59 Å². The Kier molecular flexibility index (Phi) is 5.95. The Hall–Kier alpha value is -2.27. The molecule has 2 amide bonds. The third-order valence-electron chi connectivity index (χ3n) is 6.19. The fraction of sp³-hybridized carbons (Fsp3) is 0.417. The van der Waals surface area contributed by atoms with E-state index >= 15 is 0 Å². The molecule has 29 heavy (non-hydrogen) atoms. The number of hydrogen-bond acceptors (Lipinski definition) is 3. The van der Waals surface area contributed by atoms with E-state index in [0.717, 1.165) is 6.42 Å². The first-order valence-electron chi connectivity index (χ1n) is 10.3. The van der Waals surface area contributed by atoms with Crippen molar-refractivity contribution < 1.29 is 9.59 Å². The number of benzene rings is 2. The fourth-order valence-corrected chi connectivity index (χ4v) is 5.07. The Morgan fingerprint density at radius 3 is 2.34 bits per heavy atom. The van der Waals surface area contributed by atoms with Gasteiger partial charge in [0.2, 0.25) is 11.8 Å². The Balaban J connectivity index is 1.24. The van der Waals surface area contributed by atoms with Crippen molar-refractivity contribution in [2.75, 3.05) is 31.9 Å². The number of hydrogen-bond donors (Lipinski definition) is 0. The van der Waals surface area contributed by atoms with Gasteiger partial charge in [0.25, 0.3) is 0 Å². The van der Waals surface area contributed by atoms with E-state index in [4.69, 9.17) is 0 Å². The average molecular weight is 409 g/mol. The van der Waals surface area contributed by atoms with E-state index < -0.39 is 0 Å². The van der Waals surface area contributed by atoms with Crippen LogP contribution in [0.3, 0.4) is 0 Å². The molecule has 1 saturated heterocycles. The first-order chi connectivity index (χ1) is 14.0. The van der Waals surface area contributed by atoms with Crippen LogP contribution in [0.15, 0.2) is 53.4 Å². The van der Waals surface area contributed by atoms with Crippen LogP contribution in [-0.4, -0.2) is 53.5 Å². The molecule has 2 aliphatic rings. The van der Waals surface area contributed by atoms with Crippen LogP contribution in [0.5, 0.6) is 0 Å². The first-order valence-corrected chi connectivity index (χ1v) is 11.3. The van der Waals surface area contributed by atoms with E-state index in [-0.39, 0.29) is 17.7 Å². The highest BCUT2D eigenvalue weighted by atomic mass is 32.2. The molecule has 0 bridgehead atoms. The summed E-state index contributed by atoms with van der Waals surface area (Å²) in [6.07, 6.45) is 0.953. The lowest BCUT2D eigenvalue weighted by Crippen LogP contribution is -2.51. The molecule has 2 aromatic carbocycles. The molecule has 1 aliphatic heterocycles. The first kappa shape index (κ1) is 20.0. The molecule has 1 saturated carbocycles. The molecule has 1 aliphatic carbocycles. The van der Waals surface area contributed by atoms with E-state index in [0.29, 0.717) is 37.8 Å². The lowest BCUT2D eigenvalue weighted by atomic mass is 10.1. The van der Waals surface area contributed by atoms with Crippen LogP contribution in [0.4, 0.5) is 0 Å². The summed E-state index contributed by atoms with van der Waals surface area (Å²) in [6.45, 7) is 6.78. The van der Waals surface area contributed by atoms with Gasteiger partial charge < -0.3 is 9.80 Å². The maximum Gasteiger partial charge on any atom is 0.233 e. The number of thioether (sulfide) groups is 1. The lowest BCUT2D eigenvalue weighted by Gasteiger charge is -2.35. The van der Waals surface area contributed by atoms with Gasteiger partial charge in [-0.15, -0.1) is 11.8 Å². The maximum atomic E-state index is 12.8. The van der Waals surface area contributed by atoms with E-state index in [1.807, 2.05) is 34.1 Å². The topological polar surface area (TPSA) is 40.6 Å². The van der Waals surface area contributed by atoms with Gasteiger partial charge in [-0.05, 0) is 48.9 Å². The average Bonchev–Trinajstić information content (AvgIpc) is 3.56. The zero-order valence-electron chi connectivity index (χ0n) is 17.1. The predicted molar refractivity (Wildman–Crippen MR) is 117 cm³/mol. The van der Waals surface area contributed by atoms with Crippen molar-refractivity contribution in [3.05, 3.63) is 65.2 Å². The second-order valence-electron chi connectivity index (χ2n) is 8.05. The number of aryl methyl sites for hydroxylation is 1. The van der Waals surface area contributed by atoms with Crippen LogP contribution in [0, 0.1) is 19.8 Å². The molecule has 4 nitrogen and oxygen atoms in total. The Bertz CT molecular complexity index is 891. The van der Waals surface area contributed by atoms with Crippen molar-refractivity contribution in [3.8, 4) is 0 Å². The molecule has 0 N–H and O–H groups in total. The summed E-state index contributed by atoms with van der Waals surface area (Å²) in [6, 6.07) is 16.5. The van der Waals surface area contributed by atoms with Gasteiger partial charge in [-0.25, -0.2) is 0 Å². The van der Waals surface area contributed by atoms with Gasteiger partial charge >= 0.3 is 0 Å². The number of amides is 2. The molecule has 5 heteroatoms. The highest BCUT2D eigenvalue weighted by molar-refractivity contribution is 8.00. The largest absolute Gasteiger partial charge is 0.339 e. The normalized spacial score (nSPS) is 21.2. The zero-order valence-corrected chi connectivity index (χ0v) is 18.0. The van der Waals surface area contributed by atoms with Gasteiger partial charge in [-0.1, -0.05) is 42.5 Å². The summed E-state index contributed by atoms with van der Waals surface area (Å²) in [5.41, 5.74) is 3.77. The molecule has 0 aromatic heterocycles. The van der Waals surface area contributed by atoms with Crippen molar-refractivity contribution in [1.29, 1.82) is 0 Å². The highest BCUT2D eigenvalue weighted by Crippen LogP contribution is 2.48. The van der Waals surface area contributed by atoms with Crippen molar-refractivity contribution in [1.82, 2.24) is 9.80 Å². The summed E-state index contributed by atoms with van der Waals surface area (Å²) in [5.74, 6) is 1.38. The summed E-state index contributed by atoms with van der Waals surface area (Å²) in [4.78, 5) is 30.5. The molecular formula is C24H28N2O2S. The summed E-state index contributed by atoms with van der Waals surface area (Å²) < 4.78 is 0. The minimum Gasteiger partial charge on any atom is -0.339 e. The zero-order chi connectivity index (χ0) is 20.4. The monoisotopic (exact) mass is 408 g/mol. The third kappa shape index (κ3) is 4.50. The van der Waals surface area contributed by atoms with Gasteiger partial charge in [-0.3, -0.25) is 9.59 Å². The summed E-state index contributed by atoms with van der Waals surface area (Å²) in [5, 5.41) is 0. The van der Waals surface area contributed by atoms with Gasteiger partial charge in [-0.2, -0.15) is 0 Å². The second kappa shape index (κ2) is 8.62. The minimum atomic E-state index is 0.125. The van der Waals surface area contributed by atoms with Crippen LogP contribution in [0.1, 0.15) is 29.0 Å². The van der Waals surface area contributed by atoms with Crippen molar-refractivity contribution in [2.45, 2.75) is 31.1 Å². The van der Waals surface area contributed by atoms with E-state index in [9.17, 15) is 9.59 Å². The molecule has 152 valence electrons. The molecule has 0 spiro atoms. The van der Waals surface area contributed by atoms with Gasteiger partial charge in [0.15, 0.2) is 0 Å². The molecular weight excluding hydrogens is 380 g/mol. The van der Waals surface area contributed by atoms with Crippen LogP contribution < -0.4 is 0 Å². The van der Waals surface area contributed by atoms with E-state index in [1.165, 1.54) is 21.6 Å². The van der Waals surface area contributed by atoms with Gasteiger partial charge in [0, 0.05) is 37.0 Å². The molecule has 2 aromatic rings. The quantitative estimate of drug-likeness (QED) is 0.705. The highest BCUT2D eigenvalue weighted by Gasteiger charge is 2.46. The number of carbonyl (C=O) groups is 2. The number of rotatable bonds is 5. The predicted octanol–water partition coefficient (Wildman–Crippen LogP) is 3.87. The molecule has 2 atom stereocenters. The van der Waals surface area contributed by atoms with Gasteiger partial charge in [0.1, 0.15) is 0 Å². The van der Waals surface area contributed by atoms with Crippen molar-refractivity contribution >= 4 is 23.6 Å². The minimum absolute atomic E-state index is 0.125. The van der Waals surface area contributed by atoms with Crippen molar-refractivity contribution in [3.63, 3.8) is 0 Å². The standard InChI is InChI=1S/C24H28N2O2S/c1-17-7-6-10-22(18(17)2)29-16-23(27)25-11-13-26(14-12-25)24(28)21-15-20(21)19-8-4-3-5-9-19/h3-10,20-21H,11-16H2,1-2H3/t20-,21+/m0/s1. The third-order valence-corrected chi connectivity index (χ3v) is 7.33. The SMILES string of the molecule is Cc1cccc(SCC(=O)N2CCN(C(=O)[C@@H]3C[C@H]3c3ccccc3)CC2)c1C.